The normalized spacial score (nSPS) is 17.9. The first kappa shape index (κ1) is 22.2. The van der Waals surface area contributed by atoms with Gasteiger partial charge in [-0.25, -0.2) is 4.57 Å². The maximum Gasteiger partial charge on any atom is 0.469 e. The number of nitrogens with two attached hydrogens (primary N) is 1. The molecule has 2 rings (SSSR count). The Morgan fingerprint density at radius 3 is 2.81 bits per heavy atom. The average Bonchev–Trinajstić information content (AvgIpc) is 3.06. The second-order valence-corrected chi connectivity index (χ2v) is 8.60. The Hall–Kier alpha value is -1.13. The second-order valence-electron chi connectivity index (χ2n) is 7.36. The zero-order valence-corrected chi connectivity index (χ0v) is 16.7. The topological polar surface area (TPSA) is 115 Å². The van der Waals surface area contributed by atoms with Gasteiger partial charge in [0.05, 0.1) is 31.1 Å². The standard InChI is InChI=1S/C19H30NO6P/c1-19(20,15-26-27(21,22)23)12-10-18-16(11-14-25-18)7-5-6-13-24-17-8-3-2-4-9-17/h11,14,17H,2-4,6,8-10,12-13,15,20H2,1H3,(H2,21,22,23)/t19-/m0/s1. The van der Waals surface area contributed by atoms with Crippen molar-refractivity contribution in [1.29, 1.82) is 0 Å². The van der Waals surface area contributed by atoms with Gasteiger partial charge in [0.1, 0.15) is 5.76 Å². The van der Waals surface area contributed by atoms with Crippen LogP contribution in [0, 0.1) is 11.8 Å². The fourth-order valence-corrected chi connectivity index (χ4v) is 3.48. The van der Waals surface area contributed by atoms with E-state index in [0.29, 0.717) is 37.7 Å². The molecule has 1 aromatic rings. The van der Waals surface area contributed by atoms with Crippen LogP contribution in [0.4, 0.5) is 0 Å². The number of hydrogen-bond acceptors (Lipinski definition) is 5. The van der Waals surface area contributed by atoms with E-state index in [4.69, 9.17) is 24.7 Å². The van der Waals surface area contributed by atoms with Crippen LogP contribution < -0.4 is 5.73 Å². The first-order valence-corrected chi connectivity index (χ1v) is 10.9. The summed E-state index contributed by atoms with van der Waals surface area (Å²) in [6, 6.07) is 1.81. The van der Waals surface area contributed by atoms with Crippen molar-refractivity contribution in [1.82, 2.24) is 0 Å². The van der Waals surface area contributed by atoms with E-state index in [2.05, 4.69) is 16.4 Å². The Balaban J connectivity index is 1.75. The van der Waals surface area contributed by atoms with Gasteiger partial charge in [-0.1, -0.05) is 31.1 Å². The van der Waals surface area contributed by atoms with Crippen molar-refractivity contribution in [3.63, 3.8) is 0 Å². The van der Waals surface area contributed by atoms with Crippen molar-refractivity contribution in [3.8, 4) is 11.8 Å². The molecule has 0 bridgehead atoms. The Labute approximate surface area is 160 Å². The number of rotatable bonds is 9. The molecule has 0 amide bonds. The fourth-order valence-electron chi connectivity index (χ4n) is 3.01. The van der Waals surface area contributed by atoms with Crippen LogP contribution >= 0.6 is 7.82 Å². The maximum atomic E-state index is 10.8. The summed E-state index contributed by atoms with van der Waals surface area (Å²) < 4.78 is 26.6. The predicted octanol–water partition coefficient (Wildman–Crippen LogP) is 3.13. The number of aryl methyl sites for hydroxylation is 1. The van der Waals surface area contributed by atoms with Crippen molar-refractivity contribution in [2.24, 2.45) is 5.73 Å². The molecule has 0 aliphatic heterocycles. The van der Waals surface area contributed by atoms with Crippen LogP contribution in [0.1, 0.15) is 63.2 Å². The summed E-state index contributed by atoms with van der Waals surface area (Å²) in [6.45, 7) is 2.09. The number of ether oxygens (including phenoxy) is 1. The summed E-state index contributed by atoms with van der Waals surface area (Å²) in [4.78, 5) is 17.6. The lowest BCUT2D eigenvalue weighted by Crippen LogP contribution is -2.41. The third-order valence-corrected chi connectivity index (χ3v) is 5.05. The highest BCUT2D eigenvalue weighted by atomic mass is 31.2. The van der Waals surface area contributed by atoms with E-state index in [9.17, 15) is 4.57 Å². The Kier molecular flexibility index (Phi) is 8.56. The van der Waals surface area contributed by atoms with Gasteiger partial charge >= 0.3 is 7.82 Å². The number of hydrogen-bond donors (Lipinski definition) is 3. The maximum absolute atomic E-state index is 10.8. The smallest absolute Gasteiger partial charge is 0.468 e. The van der Waals surface area contributed by atoms with Crippen molar-refractivity contribution in [3.05, 3.63) is 23.7 Å². The number of phosphoric ester groups is 1. The molecule has 1 fully saturated rings. The minimum atomic E-state index is -4.53. The van der Waals surface area contributed by atoms with Gasteiger partial charge in [-0.05, 0) is 32.3 Å². The van der Waals surface area contributed by atoms with Gasteiger partial charge in [-0.15, -0.1) is 0 Å². The van der Waals surface area contributed by atoms with Gasteiger partial charge in [0.25, 0.3) is 0 Å². The van der Waals surface area contributed by atoms with Gasteiger partial charge in [0.15, 0.2) is 0 Å². The molecule has 1 aliphatic rings. The van der Waals surface area contributed by atoms with E-state index in [-0.39, 0.29) is 6.61 Å². The summed E-state index contributed by atoms with van der Waals surface area (Å²) in [6.07, 6.45) is 9.74. The average molecular weight is 399 g/mol. The highest BCUT2D eigenvalue weighted by Gasteiger charge is 2.25. The SMILES string of the molecule is C[C@](N)(CCc1occc1C#CCCOC1CCCCC1)COP(=O)(O)O. The second kappa shape index (κ2) is 10.4. The molecule has 1 atom stereocenters. The summed E-state index contributed by atoms with van der Waals surface area (Å²) in [5.74, 6) is 6.93. The zero-order valence-electron chi connectivity index (χ0n) is 15.9. The van der Waals surface area contributed by atoms with Crippen LogP contribution in [0.25, 0.3) is 0 Å². The molecule has 7 nitrogen and oxygen atoms in total. The molecule has 0 unspecified atom stereocenters. The quantitative estimate of drug-likeness (QED) is 0.332. The van der Waals surface area contributed by atoms with E-state index in [1.165, 1.54) is 19.3 Å². The van der Waals surface area contributed by atoms with Gasteiger partial charge in [-0.3, -0.25) is 4.52 Å². The first-order chi connectivity index (χ1) is 12.8. The predicted molar refractivity (Wildman–Crippen MR) is 102 cm³/mol. The van der Waals surface area contributed by atoms with Gasteiger partial charge in [0, 0.05) is 18.4 Å². The van der Waals surface area contributed by atoms with Crippen LogP contribution in [-0.4, -0.2) is 34.6 Å². The van der Waals surface area contributed by atoms with E-state index in [1.807, 2.05) is 6.07 Å². The Morgan fingerprint density at radius 2 is 2.11 bits per heavy atom. The summed E-state index contributed by atoms with van der Waals surface area (Å²) in [7, 11) is -4.53. The van der Waals surface area contributed by atoms with Crippen molar-refractivity contribution in [2.75, 3.05) is 13.2 Å². The highest BCUT2D eigenvalue weighted by molar-refractivity contribution is 7.46. The molecule has 1 aromatic heterocycles. The molecular weight excluding hydrogens is 369 g/mol. The van der Waals surface area contributed by atoms with Crippen LogP contribution in [-0.2, 0) is 20.2 Å². The van der Waals surface area contributed by atoms with Crippen LogP contribution in [0.5, 0.6) is 0 Å². The molecule has 8 heteroatoms. The van der Waals surface area contributed by atoms with E-state index < -0.39 is 13.4 Å². The number of phosphoric acid groups is 1. The highest BCUT2D eigenvalue weighted by Crippen LogP contribution is 2.36. The third-order valence-electron chi connectivity index (χ3n) is 4.59. The van der Waals surface area contributed by atoms with E-state index in [0.717, 1.165) is 18.4 Å². The van der Waals surface area contributed by atoms with E-state index >= 15 is 0 Å². The molecule has 0 spiro atoms. The molecule has 27 heavy (non-hydrogen) atoms. The molecule has 1 heterocycles. The lowest BCUT2D eigenvalue weighted by atomic mass is 9.97. The van der Waals surface area contributed by atoms with E-state index in [1.54, 1.807) is 13.2 Å². The molecule has 0 saturated heterocycles. The first-order valence-electron chi connectivity index (χ1n) is 9.41. The van der Waals surface area contributed by atoms with Crippen molar-refractivity contribution < 1.29 is 28.0 Å². The van der Waals surface area contributed by atoms with Gasteiger partial charge in [0.2, 0.25) is 0 Å². The van der Waals surface area contributed by atoms with Crippen molar-refractivity contribution >= 4 is 7.82 Å². The van der Waals surface area contributed by atoms with Crippen molar-refractivity contribution in [2.45, 2.75) is 69.9 Å². The van der Waals surface area contributed by atoms with Crippen LogP contribution in [0.15, 0.2) is 16.7 Å². The summed E-state index contributed by atoms with van der Waals surface area (Å²) >= 11 is 0. The Bertz CT molecular complexity index is 678. The Morgan fingerprint density at radius 1 is 1.37 bits per heavy atom. The minimum absolute atomic E-state index is 0.239. The molecular formula is C19H30NO6P. The fraction of sp³-hybridized carbons (Fsp3) is 0.684. The summed E-state index contributed by atoms with van der Waals surface area (Å²) in [5, 5.41) is 0. The van der Waals surface area contributed by atoms with Crippen LogP contribution in [0.3, 0.4) is 0 Å². The molecule has 1 saturated carbocycles. The lowest BCUT2D eigenvalue weighted by molar-refractivity contribution is 0.0320. The minimum Gasteiger partial charge on any atom is -0.468 e. The molecule has 4 N–H and O–H groups in total. The lowest BCUT2D eigenvalue weighted by Gasteiger charge is -2.24. The molecule has 0 radical (unpaired) electrons. The largest absolute Gasteiger partial charge is 0.469 e. The molecule has 0 aromatic carbocycles. The van der Waals surface area contributed by atoms with Gasteiger partial charge < -0.3 is 24.7 Å². The molecule has 152 valence electrons. The number of furan rings is 1. The monoisotopic (exact) mass is 399 g/mol. The summed E-state index contributed by atoms with van der Waals surface area (Å²) in [5.41, 5.74) is 5.96. The zero-order chi connectivity index (χ0) is 19.8. The third kappa shape index (κ3) is 9.07. The molecule has 1 aliphatic carbocycles. The van der Waals surface area contributed by atoms with Crippen LogP contribution in [0.2, 0.25) is 0 Å². The van der Waals surface area contributed by atoms with Gasteiger partial charge in [-0.2, -0.15) is 0 Å².